The van der Waals surface area contributed by atoms with Crippen molar-refractivity contribution in [2.75, 3.05) is 13.1 Å². The van der Waals surface area contributed by atoms with Crippen molar-refractivity contribution in [2.24, 2.45) is 4.99 Å². The average Bonchev–Trinajstić information content (AvgIpc) is 3.25. The number of thioether (sulfide) groups is 1. The number of rotatable bonds is 7. The number of guanidine groups is 1. The number of aryl methyl sites for hydroxylation is 2. The van der Waals surface area contributed by atoms with Gasteiger partial charge >= 0.3 is 0 Å². The third kappa shape index (κ3) is 5.51. The predicted molar refractivity (Wildman–Crippen MR) is 112 cm³/mol. The van der Waals surface area contributed by atoms with Crippen molar-refractivity contribution in [2.45, 2.75) is 62.6 Å². The summed E-state index contributed by atoms with van der Waals surface area (Å²) < 4.78 is 5.87. The van der Waals surface area contributed by atoms with Gasteiger partial charge in [-0.2, -0.15) is 0 Å². The lowest BCUT2D eigenvalue weighted by Gasteiger charge is -2.29. The van der Waals surface area contributed by atoms with E-state index in [1.807, 2.05) is 25.6 Å². The van der Waals surface area contributed by atoms with Gasteiger partial charge < -0.3 is 15.1 Å². The van der Waals surface area contributed by atoms with Crippen molar-refractivity contribution >= 4 is 17.7 Å². The van der Waals surface area contributed by atoms with E-state index in [2.05, 4.69) is 57.9 Å². The highest BCUT2D eigenvalue weighted by molar-refractivity contribution is 8.00. The van der Waals surface area contributed by atoms with E-state index in [-0.39, 0.29) is 4.75 Å². The Hall–Kier alpha value is -1.95. The summed E-state index contributed by atoms with van der Waals surface area (Å²) in [6.45, 7) is 8.16. The zero-order chi connectivity index (χ0) is 19.1. The topological polar surface area (TPSA) is 62.5 Å². The quantitative estimate of drug-likeness (QED) is 0.544. The van der Waals surface area contributed by atoms with Gasteiger partial charge in [-0.3, -0.25) is 0 Å². The molecule has 6 heteroatoms. The van der Waals surface area contributed by atoms with E-state index in [1.54, 1.807) is 0 Å². The molecule has 1 heterocycles. The fourth-order valence-corrected chi connectivity index (χ4v) is 4.84. The van der Waals surface area contributed by atoms with E-state index in [0.29, 0.717) is 12.4 Å². The Labute approximate surface area is 166 Å². The fourth-order valence-electron chi connectivity index (χ4n) is 3.41. The van der Waals surface area contributed by atoms with Crippen LogP contribution in [0.5, 0.6) is 0 Å². The number of hydrogen-bond acceptors (Lipinski definition) is 4. The summed E-state index contributed by atoms with van der Waals surface area (Å²) in [7, 11) is 0. The summed E-state index contributed by atoms with van der Waals surface area (Å²) in [5.74, 6) is 2.35. The SMILES string of the molecule is CCNC(=NCc1nc(C)c(C)o1)NCC1(Sc2ccccc2)CCCC1. The molecule has 0 saturated heterocycles. The molecule has 1 aromatic carbocycles. The van der Waals surface area contributed by atoms with Gasteiger partial charge in [0, 0.05) is 22.7 Å². The van der Waals surface area contributed by atoms with Crippen LogP contribution in [0.25, 0.3) is 0 Å². The van der Waals surface area contributed by atoms with Gasteiger partial charge in [-0.1, -0.05) is 31.0 Å². The van der Waals surface area contributed by atoms with Gasteiger partial charge in [0.15, 0.2) is 5.96 Å². The van der Waals surface area contributed by atoms with Gasteiger partial charge in [-0.15, -0.1) is 11.8 Å². The first-order valence-electron chi connectivity index (χ1n) is 9.79. The number of oxazole rings is 1. The maximum Gasteiger partial charge on any atom is 0.216 e. The lowest BCUT2D eigenvalue weighted by molar-refractivity contribution is 0.472. The number of nitrogens with zero attached hydrogens (tertiary/aromatic N) is 2. The van der Waals surface area contributed by atoms with Crippen molar-refractivity contribution in [3.63, 3.8) is 0 Å². The summed E-state index contributed by atoms with van der Waals surface area (Å²) in [6.07, 6.45) is 5.06. The van der Waals surface area contributed by atoms with E-state index < -0.39 is 0 Å². The van der Waals surface area contributed by atoms with Gasteiger partial charge in [0.2, 0.25) is 5.89 Å². The van der Waals surface area contributed by atoms with Crippen LogP contribution in [0.2, 0.25) is 0 Å². The van der Waals surface area contributed by atoms with E-state index in [0.717, 1.165) is 30.5 Å². The average molecular weight is 387 g/mol. The summed E-state index contributed by atoms with van der Waals surface area (Å²) in [6, 6.07) is 10.7. The molecular weight excluding hydrogens is 356 g/mol. The second kappa shape index (κ2) is 9.31. The molecule has 1 saturated carbocycles. The molecule has 0 bridgehead atoms. The first-order valence-corrected chi connectivity index (χ1v) is 10.6. The van der Waals surface area contributed by atoms with E-state index in [9.17, 15) is 0 Å². The van der Waals surface area contributed by atoms with E-state index in [4.69, 9.17) is 4.42 Å². The van der Waals surface area contributed by atoms with Crippen LogP contribution in [0.3, 0.4) is 0 Å². The Morgan fingerprint density at radius 3 is 2.56 bits per heavy atom. The van der Waals surface area contributed by atoms with Gasteiger partial charge in [0.25, 0.3) is 0 Å². The molecule has 0 radical (unpaired) electrons. The first kappa shape index (κ1) is 19.8. The molecule has 0 aliphatic heterocycles. The standard InChI is InChI=1S/C21H30N4OS/c1-4-22-20(23-14-19-25-16(2)17(3)26-19)24-15-21(12-8-9-13-21)27-18-10-6-5-7-11-18/h5-7,10-11H,4,8-9,12-15H2,1-3H3,(H2,22,23,24). The molecule has 5 nitrogen and oxygen atoms in total. The molecule has 2 aromatic rings. The first-order chi connectivity index (χ1) is 13.1. The number of aromatic nitrogens is 1. The third-order valence-electron chi connectivity index (χ3n) is 4.96. The highest BCUT2D eigenvalue weighted by Gasteiger charge is 2.35. The van der Waals surface area contributed by atoms with Crippen LogP contribution in [-0.2, 0) is 6.54 Å². The van der Waals surface area contributed by atoms with E-state index >= 15 is 0 Å². The second-order valence-corrected chi connectivity index (χ2v) is 8.64. The third-order valence-corrected chi connectivity index (χ3v) is 6.45. The number of benzene rings is 1. The maximum atomic E-state index is 5.64. The second-order valence-electron chi connectivity index (χ2n) is 7.10. The molecule has 27 heavy (non-hydrogen) atoms. The zero-order valence-corrected chi connectivity index (χ0v) is 17.4. The minimum absolute atomic E-state index is 0.230. The monoisotopic (exact) mass is 386 g/mol. The van der Waals surface area contributed by atoms with Gasteiger partial charge in [-0.25, -0.2) is 9.98 Å². The molecule has 146 valence electrons. The van der Waals surface area contributed by atoms with Gasteiger partial charge in [0.1, 0.15) is 12.3 Å². The van der Waals surface area contributed by atoms with Crippen LogP contribution >= 0.6 is 11.8 Å². The van der Waals surface area contributed by atoms with Crippen LogP contribution in [0.4, 0.5) is 0 Å². The molecule has 0 spiro atoms. The predicted octanol–water partition coefficient (Wildman–Crippen LogP) is 4.45. The summed E-state index contributed by atoms with van der Waals surface area (Å²) in [5.41, 5.74) is 0.933. The number of hydrogen-bond donors (Lipinski definition) is 2. The van der Waals surface area contributed by atoms with Crippen LogP contribution in [0.1, 0.15) is 50.0 Å². The summed E-state index contributed by atoms with van der Waals surface area (Å²) in [5, 5.41) is 6.90. The van der Waals surface area contributed by atoms with Crippen molar-refractivity contribution in [1.29, 1.82) is 0 Å². The Balaban J connectivity index is 1.64. The highest BCUT2D eigenvalue weighted by Crippen LogP contribution is 2.44. The normalized spacial score (nSPS) is 16.5. The Kier molecular flexibility index (Phi) is 6.83. The molecule has 0 atom stereocenters. The lowest BCUT2D eigenvalue weighted by atomic mass is 10.1. The molecule has 2 N–H and O–H groups in total. The lowest BCUT2D eigenvalue weighted by Crippen LogP contribution is -2.44. The van der Waals surface area contributed by atoms with Crippen molar-refractivity contribution < 1.29 is 4.42 Å². The summed E-state index contributed by atoms with van der Waals surface area (Å²) >= 11 is 2.00. The molecule has 1 fully saturated rings. The van der Waals surface area contributed by atoms with Gasteiger partial charge in [-0.05, 0) is 45.7 Å². The maximum absolute atomic E-state index is 5.64. The zero-order valence-electron chi connectivity index (χ0n) is 16.5. The summed E-state index contributed by atoms with van der Waals surface area (Å²) in [4.78, 5) is 10.4. The molecule has 1 aliphatic carbocycles. The Bertz CT molecular complexity index is 731. The van der Waals surface area contributed by atoms with Crippen molar-refractivity contribution in [3.05, 3.63) is 47.7 Å². The molecule has 0 unspecified atom stereocenters. The molecule has 1 aliphatic rings. The van der Waals surface area contributed by atoms with Crippen LogP contribution < -0.4 is 10.6 Å². The largest absolute Gasteiger partial charge is 0.444 e. The molecule has 0 amide bonds. The van der Waals surface area contributed by atoms with Crippen LogP contribution in [0, 0.1) is 13.8 Å². The Morgan fingerprint density at radius 2 is 1.93 bits per heavy atom. The number of aliphatic imine (C=N–C) groups is 1. The smallest absolute Gasteiger partial charge is 0.216 e. The van der Waals surface area contributed by atoms with Crippen molar-refractivity contribution in [1.82, 2.24) is 15.6 Å². The molecule has 3 rings (SSSR count). The van der Waals surface area contributed by atoms with Gasteiger partial charge in [0.05, 0.1) is 5.69 Å². The molecular formula is C21H30N4OS. The van der Waals surface area contributed by atoms with Crippen LogP contribution in [-0.4, -0.2) is 28.8 Å². The van der Waals surface area contributed by atoms with Crippen molar-refractivity contribution in [3.8, 4) is 0 Å². The fraction of sp³-hybridized carbons (Fsp3) is 0.524. The molecule has 1 aromatic heterocycles. The highest BCUT2D eigenvalue weighted by atomic mass is 32.2. The number of nitrogens with one attached hydrogen (secondary N) is 2. The minimum Gasteiger partial charge on any atom is -0.444 e. The minimum atomic E-state index is 0.230. The van der Waals surface area contributed by atoms with E-state index in [1.165, 1.54) is 30.6 Å². The van der Waals surface area contributed by atoms with Crippen LogP contribution in [0.15, 0.2) is 44.6 Å². The Morgan fingerprint density at radius 1 is 1.19 bits per heavy atom.